The molecule has 0 fully saturated rings. The van der Waals surface area contributed by atoms with Crippen molar-refractivity contribution >= 4 is 39.1 Å². The fraction of sp³-hybridized carbons (Fsp3) is 0.333. The van der Waals surface area contributed by atoms with E-state index < -0.39 is 29.9 Å². The minimum Gasteiger partial charge on any atom is -0.476 e. The number of rotatable bonds is 2. The van der Waals surface area contributed by atoms with E-state index in [4.69, 9.17) is 5.11 Å². The second kappa shape index (κ2) is 5.27. The van der Waals surface area contributed by atoms with Crippen LogP contribution in [-0.2, 0) is 0 Å². The molecule has 2 atom stereocenters. The van der Waals surface area contributed by atoms with Crippen LogP contribution >= 0.6 is 27.3 Å². The van der Waals surface area contributed by atoms with Gasteiger partial charge in [-0.3, -0.25) is 0 Å². The number of carboxylic acid groups (broad SMARTS) is 1. The maximum Gasteiger partial charge on any atom is 0.410 e. The number of anilines is 1. The van der Waals surface area contributed by atoms with E-state index in [9.17, 15) is 18.0 Å². The maximum atomic E-state index is 13.3. The number of alkyl halides is 3. The van der Waals surface area contributed by atoms with Gasteiger partial charge in [-0.1, -0.05) is 6.07 Å². The van der Waals surface area contributed by atoms with Gasteiger partial charge in [-0.25, -0.2) is 9.48 Å². The van der Waals surface area contributed by atoms with E-state index in [2.05, 4.69) is 26.3 Å². The summed E-state index contributed by atoms with van der Waals surface area (Å²) < 4.78 is 40.7. The minimum atomic E-state index is -4.52. The monoisotopic (exact) mass is 395 g/mol. The lowest BCUT2D eigenvalue weighted by atomic mass is 10.0. The van der Waals surface area contributed by atoms with Crippen LogP contribution in [0.2, 0.25) is 0 Å². The fourth-order valence-electron chi connectivity index (χ4n) is 2.40. The van der Waals surface area contributed by atoms with Crippen LogP contribution in [0.25, 0.3) is 0 Å². The first-order chi connectivity index (χ1) is 10.3. The molecule has 10 heteroatoms. The smallest absolute Gasteiger partial charge is 0.410 e. The molecule has 0 aliphatic carbocycles. The number of aromatic carboxylic acids is 1. The molecule has 22 heavy (non-hydrogen) atoms. The molecule has 1 aliphatic rings. The number of fused-ring (bicyclic) bond motifs is 1. The SMILES string of the molecule is O=C(O)c1nn2c(c1Br)N[C@@H](c1cccs1)C[C@@H]2C(F)(F)F. The predicted octanol–water partition coefficient (Wildman–Crippen LogP) is 4.07. The Kier molecular flexibility index (Phi) is 3.68. The fourth-order valence-corrected chi connectivity index (χ4v) is 3.74. The summed E-state index contributed by atoms with van der Waals surface area (Å²) in [6.07, 6.45) is -4.77. The number of halogens is 4. The van der Waals surface area contributed by atoms with E-state index in [0.29, 0.717) is 4.68 Å². The lowest BCUT2D eigenvalue weighted by Gasteiger charge is -2.33. The first kappa shape index (κ1) is 15.3. The molecule has 0 unspecified atom stereocenters. The molecular formula is C12H9BrF3N3O2S. The van der Waals surface area contributed by atoms with E-state index in [1.807, 2.05) is 0 Å². The van der Waals surface area contributed by atoms with Gasteiger partial charge in [-0.2, -0.15) is 18.3 Å². The van der Waals surface area contributed by atoms with E-state index in [0.717, 1.165) is 4.88 Å². The quantitative estimate of drug-likeness (QED) is 0.804. The molecule has 3 rings (SSSR count). The van der Waals surface area contributed by atoms with Gasteiger partial charge in [0.15, 0.2) is 11.7 Å². The first-order valence-corrected chi connectivity index (χ1v) is 7.84. The molecule has 0 bridgehead atoms. The van der Waals surface area contributed by atoms with E-state index in [-0.39, 0.29) is 16.7 Å². The molecule has 0 saturated carbocycles. The Bertz CT molecular complexity index is 714. The zero-order valence-corrected chi connectivity index (χ0v) is 13.2. The summed E-state index contributed by atoms with van der Waals surface area (Å²) in [6, 6.07) is 1.08. The average Bonchev–Trinajstić information content (AvgIpc) is 3.05. The molecule has 0 amide bonds. The van der Waals surface area contributed by atoms with Crippen molar-refractivity contribution in [2.24, 2.45) is 0 Å². The highest BCUT2D eigenvalue weighted by Crippen LogP contribution is 2.46. The number of carbonyl (C=O) groups is 1. The molecule has 2 N–H and O–H groups in total. The first-order valence-electron chi connectivity index (χ1n) is 6.17. The van der Waals surface area contributed by atoms with Crippen LogP contribution in [0.4, 0.5) is 19.0 Å². The Morgan fingerprint density at radius 2 is 2.27 bits per heavy atom. The van der Waals surface area contributed by atoms with Crippen LogP contribution in [0, 0.1) is 0 Å². The van der Waals surface area contributed by atoms with Crippen LogP contribution in [-0.4, -0.2) is 27.0 Å². The van der Waals surface area contributed by atoms with Gasteiger partial charge in [0.1, 0.15) is 5.82 Å². The van der Waals surface area contributed by atoms with Crippen molar-refractivity contribution in [3.63, 3.8) is 0 Å². The second-order valence-electron chi connectivity index (χ2n) is 4.77. The van der Waals surface area contributed by atoms with Crippen LogP contribution in [0.5, 0.6) is 0 Å². The Morgan fingerprint density at radius 3 is 2.82 bits per heavy atom. The van der Waals surface area contributed by atoms with Crippen molar-refractivity contribution in [2.75, 3.05) is 5.32 Å². The highest BCUT2D eigenvalue weighted by Gasteiger charge is 2.47. The topological polar surface area (TPSA) is 67.1 Å². The van der Waals surface area contributed by atoms with Crippen LogP contribution in [0.3, 0.4) is 0 Å². The molecule has 118 valence electrons. The summed E-state index contributed by atoms with van der Waals surface area (Å²) in [6.45, 7) is 0. The summed E-state index contributed by atoms with van der Waals surface area (Å²) in [5.41, 5.74) is -0.441. The third-order valence-corrected chi connectivity index (χ3v) is 5.12. The number of nitrogens with zero attached hydrogens (tertiary/aromatic N) is 2. The predicted molar refractivity (Wildman–Crippen MR) is 77.3 cm³/mol. The van der Waals surface area contributed by atoms with E-state index >= 15 is 0 Å². The molecule has 1 aliphatic heterocycles. The number of thiophene rings is 1. The lowest BCUT2D eigenvalue weighted by Crippen LogP contribution is -2.35. The van der Waals surface area contributed by atoms with E-state index in [1.165, 1.54) is 11.3 Å². The summed E-state index contributed by atoms with van der Waals surface area (Å²) in [4.78, 5) is 11.8. The molecule has 0 spiro atoms. The summed E-state index contributed by atoms with van der Waals surface area (Å²) in [5.74, 6) is -1.35. The summed E-state index contributed by atoms with van der Waals surface area (Å²) >= 11 is 4.38. The summed E-state index contributed by atoms with van der Waals surface area (Å²) in [7, 11) is 0. The Labute approximate surface area is 134 Å². The van der Waals surface area contributed by atoms with Gasteiger partial charge in [-0.15, -0.1) is 11.3 Å². The Hall–Kier alpha value is -1.55. The zero-order chi connectivity index (χ0) is 16.1. The minimum absolute atomic E-state index is 0.0236. The molecule has 3 heterocycles. The van der Waals surface area contributed by atoms with Gasteiger partial charge in [0.05, 0.1) is 10.5 Å². The number of hydrogen-bond donors (Lipinski definition) is 2. The number of aromatic nitrogens is 2. The Balaban J connectivity index is 2.10. The van der Waals surface area contributed by atoms with Crippen molar-refractivity contribution in [3.8, 4) is 0 Å². The number of nitrogens with one attached hydrogen (secondary N) is 1. The lowest BCUT2D eigenvalue weighted by molar-refractivity contribution is -0.173. The molecule has 2 aromatic heterocycles. The standard InChI is InChI=1S/C12H9BrF3N3O2S/c13-8-9(11(20)21)18-19-7(12(14,15)16)4-5(17-10(8)19)6-2-1-3-22-6/h1-3,5,7,17H,4H2,(H,20,21)/t5-,7-/m1/s1. The molecular weight excluding hydrogens is 387 g/mol. The molecule has 0 radical (unpaired) electrons. The molecule has 5 nitrogen and oxygen atoms in total. The van der Waals surface area contributed by atoms with Crippen molar-refractivity contribution in [2.45, 2.75) is 24.7 Å². The zero-order valence-electron chi connectivity index (χ0n) is 10.8. The summed E-state index contributed by atoms with van der Waals surface area (Å²) in [5, 5.41) is 17.4. The Morgan fingerprint density at radius 1 is 1.55 bits per heavy atom. The van der Waals surface area contributed by atoms with Crippen LogP contribution < -0.4 is 5.32 Å². The molecule has 0 saturated heterocycles. The van der Waals surface area contributed by atoms with Crippen LogP contribution in [0.1, 0.15) is 33.9 Å². The van der Waals surface area contributed by atoms with Gasteiger partial charge in [0.25, 0.3) is 0 Å². The third kappa shape index (κ3) is 2.50. The third-order valence-electron chi connectivity index (χ3n) is 3.38. The highest BCUT2D eigenvalue weighted by molar-refractivity contribution is 9.10. The largest absolute Gasteiger partial charge is 0.476 e. The number of hydrogen-bond acceptors (Lipinski definition) is 4. The van der Waals surface area contributed by atoms with Crippen molar-refractivity contribution in [1.82, 2.24) is 9.78 Å². The van der Waals surface area contributed by atoms with Crippen LogP contribution in [0.15, 0.2) is 22.0 Å². The van der Waals surface area contributed by atoms with Crippen molar-refractivity contribution in [1.29, 1.82) is 0 Å². The van der Waals surface area contributed by atoms with Gasteiger partial charge < -0.3 is 10.4 Å². The normalized spacial score (nSPS) is 21.3. The molecule has 2 aromatic rings. The molecule has 0 aromatic carbocycles. The van der Waals surface area contributed by atoms with Crippen molar-refractivity contribution < 1.29 is 23.1 Å². The van der Waals surface area contributed by atoms with Gasteiger partial charge >= 0.3 is 12.1 Å². The highest BCUT2D eigenvalue weighted by atomic mass is 79.9. The van der Waals surface area contributed by atoms with Gasteiger partial charge in [0.2, 0.25) is 0 Å². The second-order valence-corrected chi connectivity index (χ2v) is 6.54. The van der Waals surface area contributed by atoms with Gasteiger partial charge in [-0.05, 0) is 27.4 Å². The number of carboxylic acids is 1. The van der Waals surface area contributed by atoms with Gasteiger partial charge in [0, 0.05) is 11.3 Å². The maximum absolute atomic E-state index is 13.3. The van der Waals surface area contributed by atoms with E-state index in [1.54, 1.807) is 17.5 Å². The average molecular weight is 396 g/mol. The van der Waals surface area contributed by atoms with Crippen molar-refractivity contribution in [3.05, 3.63) is 32.6 Å².